The van der Waals surface area contributed by atoms with Crippen molar-refractivity contribution >= 4 is 17.3 Å². The molecule has 0 heterocycles. The summed E-state index contributed by atoms with van der Waals surface area (Å²) in [4.78, 5) is 3.62. The number of hydrogen-bond donors (Lipinski definition) is 1. The zero-order valence-corrected chi connectivity index (χ0v) is 20.6. The normalized spacial score (nSPS) is 18.1. The lowest BCUT2D eigenvalue weighted by Gasteiger charge is -2.42. The molecule has 0 radical (unpaired) electrons. The molecule has 0 atom stereocenters. The van der Waals surface area contributed by atoms with Crippen LogP contribution in [0.2, 0.25) is 0 Å². The van der Waals surface area contributed by atoms with E-state index in [4.69, 9.17) is 5.73 Å². The largest absolute Gasteiger partial charge is 0.367 e. The molecule has 0 aromatic heterocycles. The summed E-state index contributed by atoms with van der Waals surface area (Å²) in [5.74, 6) is 0. The van der Waals surface area contributed by atoms with Crippen molar-refractivity contribution in [2.45, 2.75) is 85.0 Å². The summed E-state index contributed by atoms with van der Waals surface area (Å²) >= 11 is 1.76. The molecule has 0 bridgehead atoms. The van der Waals surface area contributed by atoms with E-state index in [1.54, 1.807) is 11.8 Å². The fourth-order valence-corrected chi connectivity index (χ4v) is 5.31. The van der Waals surface area contributed by atoms with Crippen LogP contribution in [0.4, 0.5) is 0 Å². The Labute approximate surface area is 184 Å². The Morgan fingerprint density at radius 3 is 2.10 bits per heavy atom. The fraction of sp³-hybridized carbons (Fsp3) is 0.615. The van der Waals surface area contributed by atoms with Crippen LogP contribution in [-0.2, 0) is 10.8 Å². The quantitative estimate of drug-likeness (QED) is 0.469. The molecular weight excluding hydrogens is 372 g/mol. The van der Waals surface area contributed by atoms with Gasteiger partial charge in [-0.05, 0) is 65.7 Å². The molecule has 0 fully saturated rings. The van der Waals surface area contributed by atoms with Crippen molar-refractivity contribution in [1.82, 2.24) is 4.90 Å². The molecule has 0 unspecified atom stereocenters. The predicted molar refractivity (Wildman–Crippen MR) is 132 cm³/mol. The van der Waals surface area contributed by atoms with Gasteiger partial charge in [-0.2, -0.15) is 0 Å². The van der Waals surface area contributed by atoms with Gasteiger partial charge in [-0.15, -0.1) is 0 Å². The molecule has 0 saturated heterocycles. The van der Waals surface area contributed by atoms with Gasteiger partial charge >= 0.3 is 0 Å². The van der Waals surface area contributed by atoms with Crippen molar-refractivity contribution in [3.05, 3.63) is 51.4 Å². The molecule has 2 nitrogen and oxygen atoms in total. The Balaban J connectivity index is 2.39. The summed E-state index contributed by atoms with van der Waals surface area (Å²) < 4.78 is 0. The minimum atomic E-state index is 0.222. The standard InChI is InChI=1S/C26H42N2S/c1-9-15-28(16-10-2)20(4)29-24(18-27)19(3)21-11-12-22-23(17-21)26(7,8)14-13-25(22,5)6/h11-12,17H,4,9-10,13-16,18,27H2,1-3,5-8H3/b24-19+. The highest BCUT2D eigenvalue weighted by Crippen LogP contribution is 2.46. The maximum atomic E-state index is 6.20. The van der Waals surface area contributed by atoms with E-state index in [0.29, 0.717) is 6.54 Å². The van der Waals surface area contributed by atoms with Crippen LogP contribution in [0, 0.1) is 0 Å². The van der Waals surface area contributed by atoms with E-state index in [1.807, 2.05) is 0 Å². The van der Waals surface area contributed by atoms with Gasteiger partial charge in [-0.1, -0.05) is 78.1 Å². The maximum Gasteiger partial charge on any atom is 0.0680 e. The van der Waals surface area contributed by atoms with Crippen molar-refractivity contribution in [2.75, 3.05) is 19.6 Å². The lowest BCUT2D eigenvalue weighted by molar-refractivity contribution is 0.332. The first-order valence-electron chi connectivity index (χ1n) is 11.2. The van der Waals surface area contributed by atoms with Crippen LogP contribution in [0.5, 0.6) is 0 Å². The van der Waals surface area contributed by atoms with Gasteiger partial charge in [-0.3, -0.25) is 0 Å². The number of allylic oxidation sites excluding steroid dienone is 1. The number of fused-ring (bicyclic) bond motifs is 1. The van der Waals surface area contributed by atoms with E-state index in [0.717, 1.165) is 31.0 Å². The van der Waals surface area contributed by atoms with Crippen molar-refractivity contribution in [2.24, 2.45) is 5.73 Å². The van der Waals surface area contributed by atoms with Crippen molar-refractivity contribution in [3.8, 4) is 0 Å². The van der Waals surface area contributed by atoms with Gasteiger partial charge in [0.1, 0.15) is 0 Å². The zero-order chi connectivity index (χ0) is 21.8. The molecule has 2 rings (SSSR count). The Hall–Kier alpha value is -1.19. The average molecular weight is 415 g/mol. The zero-order valence-electron chi connectivity index (χ0n) is 19.8. The Kier molecular flexibility index (Phi) is 8.09. The Morgan fingerprint density at radius 1 is 1.03 bits per heavy atom. The fourth-order valence-electron chi connectivity index (χ4n) is 4.36. The first-order chi connectivity index (χ1) is 13.6. The van der Waals surface area contributed by atoms with E-state index in [9.17, 15) is 0 Å². The van der Waals surface area contributed by atoms with Crippen LogP contribution in [0.15, 0.2) is 34.7 Å². The van der Waals surface area contributed by atoms with Gasteiger partial charge in [0, 0.05) is 24.5 Å². The highest BCUT2D eigenvalue weighted by molar-refractivity contribution is 8.06. The third kappa shape index (κ3) is 5.49. The lowest BCUT2D eigenvalue weighted by Crippen LogP contribution is -2.33. The van der Waals surface area contributed by atoms with Crippen molar-refractivity contribution in [1.29, 1.82) is 0 Å². The van der Waals surface area contributed by atoms with E-state index >= 15 is 0 Å². The van der Waals surface area contributed by atoms with E-state index < -0.39 is 0 Å². The number of benzene rings is 1. The summed E-state index contributed by atoms with van der Waals surface area (Å²) in [5.41, 5.74) is 12.3. The predicted octanol–water partition coefficient (Wildman–Crippen LogP) is 7.05. The summed E-state index contributed by atoms with van der Waals surface area (Å²) in [6.45, 7) is 23.2. The second-order valence-electron chi connectivity index (χ2n) is 9.76. The Bertz CT molecular complexity index is 752. The summed E-state index contributed by atoms with van der Waals surface area (Å²) in [5, 5.41) is 1.12. The van der Waals surface area contributed by atoms with Crippen LogP contribution in [0.3, 0.4) is 0 Å². The minimum Gasteiger partial charge on any atom is -0.367 e. The molecule has 0 saturated carbocycles. The highest BCUT2D eigenvalue weighted by atomic mass is 32.2. The number of rotatable bonds is 9. The van der Waals surface area contributed by atoms with Crippen LogP contribution in [-0.4, -0.2) is 24.5 Å². The third-order valence-corrected chi connectivity index (χ3v) is 7.68. The molecule has 162 valence electrons. The summed E-state index contributed by atoms with van der Waals surface area (Å²) in [6.07, 6.45) is 4.75. The maximum absolute atomic E-state index is 6.20. The topological polar surface area (TPSA) is 29.3 Å². The number of nitrogens with two attached hydrogens (primary N) is 1. The molecule has 29 heavy (non-hydrogen) atoms. The number of hydrogen-bond acceptors (Lipinski definition) is 3. The summed E-state index contributed by atoms with van der Waals surface area (Å²) in [6, 6.07) is 7.09. The molecule has 3 heteroatoms. The highest BCUT2D eigenvalue weighted by Gasteiger charge is 2.37. The lowest BCUT2D eigenvalue weighted by atomic mass is 9.63. The summed E-state index contributed by atoms with van der Waals surface area (Å²) in [7, 11) is 0. The van der Waals surface area contributed by atoms with Gasteiger partial charge in [0.2, 0.25) is 0 Å². The van der Waals surface area contributed by atoms with Gasteiger partial charge in [0.05, 0.1) is 5.03 Å². The first kappa shape index (κ1) is 24.1. The van der Waals surface area contributed by atoms with Gasteiger partial charge in [-0.25, -0.2) is 0 Å². The molecule has 0 amide bonds. The van der Waals surface area contributed by atoms with E-state index in [-0.39, 0.29) is 10.8 Å². The molecule has 1 aromatic carbocycles. The van der Waals surface area contributed by atoms with Crippen LogP contribution in [0.1, 0.15) is 90.8 Å². The molecule has 0 spiro atoms. The van der Waals surface area contributed by atoms with Crippen LogP contribution in [0.25, 0.3) is 5.57 Å². The SMILES string of the molecule is C=C(S/C(CN)=C(\C)c1ccc2c(c1)C(C)(C)CCC2(C)C)N(CCC)CCC. The second-order valence-corrected chi connectivity index (χ2v) is 10.9. The third-order valence-electron chi connectivity index (χ3n) is 6.47. The van der Waals surface area contributed by atoms with Crippen LogP contribution < -0.4 is 5.73 Å². The van der Waals surface area contributed by atoms with Gasteiger partial charge in [0.15, 0.2) is 0 Å². The minimum absolute atomic E-state index is 0.222. The molecule has 0 aliphatic heterocycles. The Morgan fingerprint density at radius 2 is 1.59 bits per heavy atom. The molecule has 1 aliphatic carbocycles. The second kappa shape index (κ2) is 9.75. The van der Waals surface area contributed by atoms with Crippen molar-refractivity contribution in [3.63, 3.8) is 0 Å². The van der Waals surface area contributed by atoms with Crippen molar-refractivity contribution < 1.29 is 0 Å². The molecule has 2 N–H and O–H groups in total. The van der Waals surface area contributed by atoms with Crippen LogP contribution >= 0.6 is 11.8 Å². The number of nitrogens with zero attached hydrogens (tertiary/aromatic N) is 1. The smallest absolute Gasteiger partial charge is 0.0680 e. The number of thioether (sulfide) groups is 1. The van der Waals surface area contributed by atoms with E-state index in [2.05, 4.69) is 78.1 Å². The van der Waals surface area contributed by atoms with E-state index in [1.165, 1.54) is 40.0 Å². The van der Waals surface area contributed by atoms with Gasteiger partial charge < -0.3 is 10.6 Å². The first-order valence-corrected chi connectivity index (χ1v) is 12.1. The molecular formula is C26H42N2S. The average Bonchev–Trinajstić information content (AvgIpc) is 2.68. The monoisotopic (exact) mass is 414 g/mol. The molecule has 1 aromatic rings. The molecule has 1 aliphatic rings. The van der Waals surface area contributed by atoms with Gasteiger partial charge in [0.25, 0.3) is 0 Å².